The second kappa shape index (κ2) is 12.6. The number of sulfonamides is 1. The van der Waals surface area contributed by atoms with Crippen LogP contribution in [0.2, 0.25) is 0 Å². The zero-order valence-electron chi connectivity index (χ0n) is 21.8. The molecule has 9 nitrogen and oxygen atoms in total. The SMILES string of the molecule is COc1ccc(S(=O)(=O)N(CC(=O)N(CCc2ccc(OC)c(OC)c2)Cc2ccco2)C(C)C)cc1. The van der Waals surface area contributed by atoms with Crippen LogP contribution in [0.1, 0.15) is 25.2 Å². The highest BCUT2D eigenvalue weighted by atomic mass is 32.2. The standard InChI is InChI=1S/C27H34N2O7S/c1-20(2)29(37(31,32)24-11-9-22(33-3)10-12-24)19-27(30)28(18-23-7-6-16-36-23)15-14-21-8-13-25(34-4)26(17-21)35-5/h6-13,16-17,20H,14-15,18-19H2,1-5H3. The fourth-order valence-corrected chi connectivity index (χ4v) is 5.43. The highest BCUT2D eigenvalue weighted by molar-refractivity contribution is 7.89. The third kappa shape index (κ3) is 7.05. The van der Waals surface area contributed by atoms with Gasteiger partial charge >= 0.3 is 0 Å². The first-order valence-electron chi connectivity index (χ1n) is 11.9. The molecule has 2 aromatic carbocycles. The number of hydrogen-bond acceptors (Lipinski definition) is 7. The second-order valence-corrected chi connectivity index (χ2v) is 10.5. The summed E-state index contributed by atoms with van der Waals surface area (Å²) in [6.45, 7) is 3.75. The molecule has 0 N–H and O–H groups in total. The van der Waals surface area contributed by atoms with Crippen molar-refractivity contribution in [2.75, 3.05) is 34.4 Å². The predicted octanol–water partition coefficient (Wildman–Crippen LogP) is 3.98. The number of nitrogens with zero attached hydrogens (tertiary/aromatic N) is 2. The monoisotopic (exact) mass is 530 g/mol. The summed E-state index contributed by atoms with van der Waals surface area (Å²) in [5, 5.41) is 0. The lowest BCUT2D eigenvalue weighted by molar-refractivity contribution is -0.132. The Hall–Kier alpha value is -3.50. The van der Waals surface area contributed by atoms with Gasteiger partial charge in [-0.05, 0) is 74.4 Å². The molecule has 0 bridgehead atoms. The molecule has 0 aliphatic heterocycles. The van der Waals surface area contributed by atoms with E-state index >= 15 is 0 Å². The number of benzene rings is 2. The first-order valence-corrected chi connectivity index (χ1v) is 13.3. The molecule has 37 heavy (non-hydrogen) atoms. The van der Waals surface area contributed by atoms with Gasteiger partial charge in [0.15, 0.2) is 11.5 Å². The number of rotatable bonds is 13. The quantitative estimate of drug-likeness (QED) is 0.330. The van der Waals surface area contributed by atoms with E-state index < -0.39 is 16.1 Å². The van der Waals surface area contributed by atoms with E-state index in [0.717, 1.165) is 5.56 Å². The first-order chi connectivity index (χ1) is 17.7. The van der Waals surface area contributed by atoms with Gasteiger partial charge in [-0.1, -0.05) is 6.07 Å². The van der Waals surface area contributed by atoms with Crippen LogP contribution in [0, 0.1) is 0 Å². The van der Waals surface area contributed by atoms with Crippen molar-refractivity contribution in [3.8, 4) is 17.2 Å². The Morgan fingerprint density at radius 3 is 2.22 bits per heavy atom. The minimum atomic E-state index is -3.92. The van der Waals surface area contributed by atoms with E-state index in [9.17, 15) is 13.2 Å². The number of hydrogen-bond donors (Lipinski definition) is 0. The molecule has 0 saturated heterocycles. The molecule has 0 fully saturated rings. The van der Waals surface area contributed by atoms with Crippen molar-refractivity contribution in [3.63, 3.8) is 0 Å². The summed E-state index contributed by atoms with van der Waals surface area (Å²) < 4.78 is 49.4. The van der Waals surface area contributed by atoms with E-state index in [1.54, 1.807) is 63.5 Å². The molecule has 0 atom stereocenters. The summed E-state index contributed by atoms with van der Waals surface area (Å²) in [7, 11) is 0.728. The van der Waals surface area contributed by atoms with E-state index in [4.69, 9.17) is 18.6 Å². The van der Waals surface area contributed by atoms with Crippen LogP contribution in [-0.2, 0) is 27.8 Å². The van der Waals surface area contributed by atoms with E-state index in [2.05, 4.69) is 0 Å². The van der Waals surface area contributed by atoms with Gasteiger partial charge in [-0.25, -0.2) is 8.42 Å². The molecule has 10 heteroatoms. The number of furan rings is 1. The van der Waals surface area contributed by atoms with E-state index in [0.29, 0.717) is 36.0 Å². The van der Waals surface area contributed by atoms with E-state index in [1.165, 1.54) is 23.5 Å². The number of carbonyl (C=O) groups excluding carboxylic acids is 1. The number of methoxy groups -OCH3 is 3. The van der Waals surface area contributed by atoms with Gasteiger partial charge in [0, 0.05) is 12.6 Å². The predicted molar refractivity (Wildman–Crippen MR) is 139 cm³/mol. The summed E-state index contributed by atoms with van der Waals surface area (Å²) in [5.74, 6) is 2.04. The lowest BCUT2D eigenvalue weighted by Crippen LogP contribution is -2.46. The third-order valence-electron chi connectivity index (χ3n) is 5.93. The maximum Gasteiger partial charge on any atom is 0.243 e. The van der Waals surface area contributed by atoms with Crippen LogP contribution in [0.25, 0.3) is 0 Å². The van der Waals surface area contributed by atoms with Crippen molar-refractivity contribution >= 4 is 15.9 Å². The lowest BCUT2D eigenvalue weighted by Gasteiger charge is -2.29. The van der Waals surface area contributed by atoms with Crippen molar-refractivity contribution in [3.05, 3.63) is 72.2 Å². The molecular weight excluding hydrogens is 496 g/mol. The van der Waals surface area contributed by atoms with Crippen molar-refractivity contribution in [2.24, 2.45) is 0 Å². The molecule has 1 aromatic heterocycles. The van der Waals surface area contributed by atoms with E-state index in [1.807, 2.05) is 18.2 Å². The maximum absolute atomic E-state index is 13.5. The Morgan fingerprint density at radius 2 is 1.65 bits per heavy atom. The summed E-state index contributed by atoms with van der Waals surface area (Å²) in [6, 6.07) is 14.8. The van der Waals surface area contributed by atoms with Crippen LogP contribution in [0.3, 0.4) is 0 Å². The summed E-state index contributed by atoms with van der Waals surface area (Å²) >= 11 is 0. The Balaban J connectivity index is 1.82. The normalized spacial score (nSPS) is 11.5. The van der Waals surface area contributed by atoms with Crippen LogP contribution < -0.4 is 14.2 Å². The zero-order valence-corrected chi connectivity index (χ0v) is 22.7. The summed E-state index contributed by atoms with van der Waals surface area (Å²) in [4.78, 5) is 15.2. The smallest absolute Gasteiger partial charge is 0.243 e. The van der Waals surface area contributed by atoms with Gasteiger partial charge in [-0.2, -0.15) is 4.31 Å². The molecule has 0 unspecified atom stereocenters. The highest BCUT2D eigenvalue weighted by Crippen LogP contribution is 2.28. The van der Waals surface area contributed by atoms with Gasteiger partial charge < -0.3 is 23.5 Å². The molecule has 0 aliphatic rings. The maximum atomic E-state index is 13.5. The molecule has 0 radical (unpaired) electrons. The molecule has 3 rings (SSSR count). The summed E-state index contributed by atoms with van der Waals surface area (Å²) in [6.07, 6.45) is 2.07. The van der Waals surface area contributed by atoms with Crippen LogP contribution >= 0.6 is 0 Å². The molecular formula is C27H34N2O7S. The highest BCUT2D eigenvalue weighted by Gasteiger charge is 2.31. The Bertz CT molecular complexity index is 1260. The van der Waals surface area contributed by atoms with Crippen LogP contribution in [0.4, 0.5) is 0 Å². The molecule has 0 spiro atoms. The lowest BCUT2D eigenvalue weighted by atomic mass is 10.1. The summed E-state index contributed by atoms with van der Waals surface area (Å²) in [5.41, 5.74) is 0.946. The van der Waals surface area contributed by atoms with Crippen LogP contribution in [0.15, 0.2) is 70.2 Å². The molecule has 200 valence electrons. The molecule has 1 amide bonds. The van der Waals surface area contributed by atoms with Gasteiger partial charge in [0.05, 0.1) is 45.6 Å². The second-order valence-electron chi connectivity index (χ2n) is 8.65. The minimum Gasteiger partial charge on any atom is -0.497 e. The van der Waals surface area contributed by atoms with Gasteiger partial charge in [-0.3, -0.25) is 4.79 Å². The first kappa shape index (κ1) is 28.1. The third-order valence-corrected chi connectivity index (χ3v) is 7.97. The topological polar surface area (TPSA) is 98.5 Å². The number of carbonyl (C=O) groups is 1. The zero-order chi connectivity index (χ0) is 27.0. The molecule has 0 aliphatic carbocycles. The van der Waals surface area contributed by atoms with Crippen molar-refractivity contribution in [1.82, 2.24) is 9.21 Å². The van der Waals surface area contributed by atoms with Gasteiger partial charge in [0.1, 0.15) is 11.5 Å². The Morgan fingerprint density at radius 1 is 0.946 bits per heavy atom. The van der Waals surface area contributed by atoms with Gasteiger partial charge in [0.2, 0.25) is 15.9 Å². The van der Waals surface area contributed by atoms with Crippen LogP contribution in [0.5, 0.6) is 17.2 Å². The van der Waals surface area contributed by atoms with Crippen molar-refractivity contribution in [2.45, 2.75) is 37.8 Å². The van der Waals surface area contributed by atoms with Gasteiger partial charge in [-0.15, -0.1) is 0 Å². The molecule has 3 aromatic rings. The molecule has 0 saturated carbocycles. The fraction of sp³-hybridized carbons (Fsp3) is 0.370. The number of ether oxygens (including phenoxy) is 3. The van der Waals surface area contributed by atoms with Gasteiger partial charge in [0.25, 0.3) is 0 Å². The van der Waals surface area contributed by atoms with Crippen LogP contribution in [-0.4, -0.2) is 64.0 Å². The fourth-order valence-electron chi connectivity index (χ4n) is 3.84. The average molecular weight is 531 g/mol. The average Bonchev–Trinajstić information content (AvgIpc) is 3.42. The van der Waals surface area contributed by atoms with E-state index in [-0.39, 0.29) is 23.9 Å². The van der Waals surface area contributed by atoms with Crippen molar-refractivity contribution in [1.29, 1.82) is 0 Å². The number of amides is 1. The Kier molecular flexibility index (Phi) is 9.60. The Labute approximate surface area is 218 Å². The largest absolute Gasteiger partial charge is 0.497 e. The molecule has 1 heterocycles. The minimum absolute atomic E-state index is 0.0951. The van der Waals surface area contributed by atoms with Crippen molar-refractivity contribution < 1.29 is 31.8 Å².